The number of hydrogen-bond acceptors (Lipinski definition) is 6. The van der Waals surface area contributed by atoms with Crippen molar-refractivity contribution < 1.29 is 19.1 Å². The molecule has 0 atom stereocenters. The summed E-state index contributed by atoms with van der Waals surface area (Å²) < 4.78 is 11.4. The Kier molecular flexibility index (Phi) is 6.40. The van der Waals surface area contributed by atoms with Crippen molar-refractivity contribution in [2.24, 2.45) is 0 Å². The lowest BCUT2D eigenvalue weighted by Crippen LogP contribution is -2.34. The van der Waals surface area contributed by atoms with Crippen LogP contribution < -0.4 is 20.1 Å². The molecule has 8 nitrogen and oxygen atoms in total. The maximum absolute atomic E-state index is 12.1. The molecule has 0 aliphatic heterocycles. The fourth-order valence-corrected chi connectivity index (χ4v) is 2.58. The van der Waals surface area contributed by atoms with Crippen molar-refractivity contribution in [2.75, 3.05) is 12.4 Å². The number of anilines is 1. The Morgan fingerprint density at radius 3 is 2.34 bits per heavy atom. The van der Waals surface area contributed by atoms with E-state index < -0.39 is 11.9 Å². The third kappa shape index (κ3) is 5.52. The summed E-state index contributed by atoms with van der Waals surface area (Å²) in [6.45, 7) is 1.82. The van der Waals surface area contributed by atoms with Crippen molar-refractivity contribution >= 4 is 33.6 Å². The van der Waals surface area contributed by atoms with E-state index in [9.17, 15) is 9.59 Å². The van der Waals surface area contributed by atoms with Crippen LogP contribution >= 0.6 is 15.9 Å². The van der Waals surface area contributed by atoms with Crippen LogP contribution in [0.1, 0.15) is 15.9 Å². The molecule has 9 heteroatoms. The number of benzene rings is 2. The summed E-state index contributed by atoms with van der Waals surface area (Å²) in [5.74, 6) is 0.652. The van der Waals surface area contributed by atoms with Crippen LogP contribution in [0.4, 0.5) is 10.5 Å². The second kappa shape index (κ2) is 9.16. The SMILES string of the molecule is COc1ccc(C(=O)NC(=O)Nc2ccc(Oc3ncc(Br)cn3)c(C)c2)cc1. The molecule has 0 spiro atoms. The van der Waals surface area contributed by atoms with Crippen LogP contribution in [0.15, 0.2) is 59.3 Å². The smallest absolute Gasteiger partial charge is 0.326 e. The number of imide groups is 1. The summed E-state index contributed by atoms with van der Waals surface area (Å²) >= 11 is 3.26. The third-order valence-electron chi connectivity index (χ3n) is 3.81. The van der Waals surface area contributed by atoms with Gasteiger partial charge in [0.2, 0.25) is 0 Å². The van der Waals surface area contributed by atoms with Gasteiger partial charge in [-0.1, -0.05) is 0 Å². The number of methoxy groups -OCH3 is 1. The van der Waals surface area contributed by atoms with Crippen LogP contribution in [0.5, 0.6) is 17.5 Å². The van der Waals surface area contributed by atoms with E-state index in [1.807, 2.05) is 6.92 Å². The summed E-state index contributed by atoms with van der Waals surface area (Å²) in [6, 6.07) is 11.0. The van der Waals surface area contributed by atoms with E-state index in [4.69, 9.17) is 9.47 Å². The number of hydrogen-bond donors (Lipinski definition) is 2. The Morgan fingerprint density at radius 2 is 1.72 bits per heavy atom. The Bertz CT molecular complexity index is 1020. The molecule has 148 valence electrons. The monoisotopic (exact) mass is 456 g/mol. The zero-order valence-electron chi connectivity index (χ0n) is 15.6. The number of amides is 3. The van der Waals surface area contributed by atoms with Crippen molar-refractivity contribution in [3.8, 4) is 17.5 Å². The Morgan fingerprint density at radius 1 is 1.03 bits per heavy atom. The van der Waals surface area contributed by atoms with Crippen molar-refractivity contribution in [3.05, 3.63) is 70.5 Å². The highest BCUT2D eigenvalue weighted by atomic mass is 79.9. The minimum absolute atomic E-state index is 0.208. The Balaban J connectivity index is 1.60. The molecule has 3 amide bonds. The van der Waals surface area contributed by atoms with E-state index in [2.05, 4.69) is 36.5 Å². The topological polar surface area (TPSA) is 102 Å². The second-order valence-corrected chi connectivity index (χ2v) is 6.82. The van der Waals surface area contributed by atoms with Crippen LogP contribution in [0.2, 0.25) is 0 Å². The molecule has 0 unspecified atom stereocenters. The summed E-state index contributed by atoms with van der Waals surface area (Å²) in [5.41, 5.74) is 1.61. The number of aromatic nitrogens is 2. The average Bonchev–Trinajstić information content (AvgIpc) is 2.71. The Labute approximate surface area is 175 Å². The average molecular weight is 457 g/mol. The van der Waals surface area contributed by atoms with Crippen LogP contribution in [0.25, 0.3) is 0 Å². The lowest BCUT2D eigenvalue weighted by Gasteiger charge is -2.11. The van der Waals surface area contributed by atoms with E-state index in [1.165, 1.54) is 7.11 Å². The molecule has 3 rings (SSSR count). The number of aryl methyl sites for hydroxylation is 1. The zero-order valence-corrected chi connectivity index (χ0v) is 17.2. The second-order valence-electron chi connectivity index (χ2n) is 5.90. The molecule has 1 aromatic heterocycles. The van der Waals surface area contributed by atoms with Crippen LogP contribution in [0.3, 0.4) is 0 Å². The zero-order chi connectivity index (χ0) is 20.8. The molecular formula is C20H17BrN4O4. The highest BCUT2D eigenvalue weighted by Gasteiger charge is 2.12. The van der Waals surface area contributed by atoms with Gasteiger partial charge in [0.05, 0.1) is 11.6 Å². The molecule has 0 aliphatic rings. The van der Waals surface area contributed by atoms with Gasteiger partial charge in [0.1, 0.15) is 11.5 Å². The summed E-state index contributed by atoms with van der Waals surface area (Å²) in [4.78, 5) is 32.4. The van der Waals surface area contributed by atoms with Gasteiger partial charge in [-0.2, -0.15) is 0 Å². The van der Waals surface area contributed by atoms with Crippen molar-refractivity contribution in [1.82, 2.24) is 15.3 Å². The summed E-state index contributed by atoms with van der Waals surface area (Å²) in [5, 5.41) is 4.89. The molecule has 0 fully saturated rings. The fourth-order valence-electron chi connectivity index (χ4n) is 2.37. The first kappa shape index (κ1) is 20.3. The van der Waals surface area contributed by atoms with Gasteiger partial charge < -0.3 is 14.8 Å². The molecule has 0 saturated heterocycles. The first-order valence-corrected chi connectivity index (χ1v) is 9.26. The highest BCUT2D eigenvalue weighted by molar-refractivity contribution is 9.10. The van der Waals surface area contributed by atoms with Gasteiger partial charge in [0.25, 0.3) is 5.91 Å². The maximum atomic E-state index is 12.1. The number of carbonyl (C=O) groups excluding carboxylic acids is 2. The van der Waals surface area contributed by atoms with Gasteiger partial charge in [0, 0.05) is 23.6 Å². The van der Waals surface area contributed by atoms with Gasteiger partial charge in [-0.3, -0.25) is 10.1 Å². The van der Waals surface area contributed by atoms with Gasteiger partial charge >= 0.3 is 12.0 Å². The predicted molar refractivity (Wildman–Crippen MR) is 110 cm³/mol. The fraction of sp³-hybridized carbons (Fsp3) is 0.100. The number of carbonyl (C=O) groups is 2. The third-order valence-corrected chi connectivity index (χ3v) is 4.22. The number of halogens is 1. The quantitative estimate of drug-likeness (QED) is 0.592. The van der Waals surface area contributed by atoms with E-state index in [0.717, 1.165) is 10.0 Å². The molecule has 29 heavy (non-hydrogen) atoms. The van der Waals surface area contributed by atoms with E-state index >= 15 is 0 Å². The minimum atomic E-state index is -0.643. The first-order chi connectivity index (χ1) is 13.9. The molecular weight excluding hydrogens is 440 g/mol. The largest absolute Gasteiger partial charge is 0.497 e. The molecule has 2 aromatic carbocycles. The van der Waals surface area contributed by atoms with Crippen LogP contribution in [0, 0.1) is 6.92 Å². The first-order valence-electron chi connectivity index (χ1n) is 8.47. The Hall–Kier alpha value is -3.46. The van der Waals surface area contributed by atoms with Crippen LogP contribution in [-0.4, -0.2) is 29.0 Å². The van der Waals surface area contributed by atoms with Gasteiger partial charge in [-0.25, -0.2) is 14.8 Å². The predicted octanol–water partition coefficient (Wildman–Crippen LogP) is 4.31. The summed E-state index contributed by atoms with van der Waals surface area (Å²) in [6.07, 6.45) is 3.16. The highest BCUT2D eigenvalue weighted by Crippen LogP contribution is 2.25. The van der Waals surface area contributed by atoms with Gasteiger partial charge in [0.15, 0.2) is 0 Å². The van der Waals surface area contributed by atoms with E-state index in [1.54, 1.807) is 54.9 Å². The summed E-state index contributed by atoms with van der Waals surface area (Å²) in [7, 11) is 1.53. The standard InChI is InChI=1S/C20H17BrN4O4/c1-12-9-15(5-8-17(12)29-20-22-10-14(21)11-23-20)24-19(27)25-18(26)13-3-6-16(28-2)7-4-13/h3-11H,1-2H3,(H2,24,25,26,27). The lowest BCUT2D eigenvalue weighted by molar-refractivity contribution is 0.0967. The normalized spacial score (nSPS) is 10.2. The number of nitrogens with one attached hydrogen (secondary N) is 2. The van der Waals surface area contributed by atoms with E-state index in [-0.39, 0.29) is 6.01 Å². The molecule has 2 N–H and O–H groups in total. The molecule has 1 heterocycles. The minimum Gasteiger partial charge on any atom is -0.497 e. The number of rotatable bonds is 5. The molecule has 0 radical (unpaired) electrons. The number of ether oxygens (including phenoxy) is 2. The lowest BCUT2D eigenvalue weighted by atomic mass is 10.2. The number of nitrogens with zero attached hydrogens (tertiary/aromatic N) is 2. The molecule has 0 bridgehead atoms. The van der Waals surface area contributed by atoms with Crippen LogP contribution in [-0.2, 0) is 0 Å². The number of urea groups is 1. The maximum Gasteiger partial charge on any atom is 0.326 e. The van der Waals surface area contributed by atoms with Crippen molar-refractivity contribution in [1.29, 1.82) is 0 Å². The molecule has 0 saturated carbocycles. The molecule has 0 aliphatic carbocycles. The van der Waals surface area contributed by atoms with E-state index in [0.29, 0.717) is 22.7 Å². The molecule has 3 aromatic rings. The van der Waals surface area contributed by atoms with Crippen molar-refractivity contribution in [2.45, 2.75) is 6.92 Å². The van der Waals surface area contributed by atoms with Crippen molar-refractivity contribution in [3.63, 3.8) is 0 Å². The van der Waals surface area contributed by atoms with Gasteiger partial charge in [-0.05, 0) is 70.9 Å². The van der Waals surface area contributed by atoms with Gasteiger partial charge in [-0.15, -0.1) is 0 Å².